The number of aliphatic hydroxyl groups is 3. The number of rotatable bonds is 7. The van der Waals surface area contributed by atoms with Crippen molar-refractivity contribution in [3.05, 3.63) is 53.1 Å². The van der Waals surface area contributed by atoms with Gasteiger partial charge in [-0.2, -0.15) is 0 Å². The number of aliphatic hydroxyl groups excluding tert-OH is 3. The molecule has 0 saturated carbocycles. The van der Waals surface area contributed by atoms with Gasteiger partial charge in [0.1, 0.15) is 11.1 Å². The molecule has 7 nitrogen and oxygen atoms in total. The molecule has 3 aromatic rings. The minimum atomic E-state index is -1.47. The van der Waals surface area contributed by atoms with Gasteiger partial charge >= 0.3 is 0 Å². The number of benzene rings is 2. The minimum absolute atomic E-state index is 0.432. The van der Waals surface area contributed by atoms with Gasteiger partial charge in [0.15, 0.2) is 5.58 Å². The quantitative estimate of drug-likeness (QED) is 0.479. The molecular weight excluding hydrogens is 384 g/mol. The zero-order chi connectivity index (χ0) is 20.3. The van der Waals surface area contributed by atoms with Gasteiger partial charge in [-0.05, 0) is 48.9 Å². The van der Waals surface area contributed by atoms with E-state index in [4.69, 9.17) is 16.0 Å². The van der Waals surface area contributed by atoms with E-state index in [1.807, 2.05) is 12.1 Å². The summed E-state index contributed by atoms with van der Waals surface area (Å²) in [5.41, 5.74) is 1.18. The van der Waals surface area contributed by atoms with Crippen LogP contribution in [0.15, 0.2) is 46.9 Å². The standard InChI is InChI=1S/C20H21ClN2O5/c1-12(18(27)23-20(9-24,10-25)11-26)14-4-7-17-16(8-14)22-19(28-17)13-2-5-15(21)6-3-13/h2-8,12,24-26H,9-11H2,1H3,(H,23,27). The molecule has 0 aliphatic heterocycles. The summed E-state index contributed by atoms with van der Waals surface area (Å²) in [6.07, 6.45) is 0. The van der Waals surface area contributed by atoms with Gasteiger partial charge in [-0.25, -0.2) is 4.98 Å². The maximum Gasteiger partial charge on any atom is 0.227 e. The van der Waals surface area contributed by atoms with Gasteiger partial charge in [0.05, 0.1) is 25.7 Å². The Labute approximate surface area is 166 Å². The Morgan fingerprint density at radius 2 is 1.79 bits per heavy atom. The average Bonchev–Trinajstić information content (AvgIpc) is 3.15. The van der Waals surface area contributed by atoms with E-state index in [9.17, 15) is 20.1 Å². The molecule has 28 heavy (non-hydrogen) atoms. The van der Waals surface area contributed by atoms with Gasteiger partial charge in [0.2, 0.25) is 11.8 Å². The number of carbonyl (C=O) groups excluding carboxylic acids is 1. The number of nitrogens with one attached hydrogen (secondary N) is 1. The Kier molecular flexibility index (Phi) is 6.00. The van der Waals surface area contributed by atoms with Crippen molar-refractivity contribution in [2.45, 2.75) is 18.4 Å². The molecule has 4 N–H and O–H groups in total. The third kappa shape index (κ3) is 4.02. The van der Waals surface area contributed by atoms with Crippen molar-refractivity contribution >= 4 is 28.6 Å². The predicted molar refractivity (Wildman–Crippen MR) is 105 cm³/mol. The first-order chi connectivity index (χ1) is 13.4. The smallest absolute Gasteiger partial charge is 0.227 e. The van der Waals surface area contributed by atoms with Crippen LogP contribution in [-0.4, -0.2) is 51.6 Å². The largest absolute Gasteiger partial charge is 0.436 e. The monoisotopic (exact) mass is 404 g/mol. The molecule has 1 aromatic heterocycles. The summed E-state index contributed by atoms with van der Waals surface area (Å²) < 4.78 is 5.77. The molecule has 0 spiro atoms. The highest BCUT2D eigenvalue weighted by molar-refractivity contribution is 6.30. The van der Waals surface area contributed by atoms with E-state index in [2.05, 4.69) is 10.3 Å². The first-order valence-corrected chi connectivity index (χ1v) is 9.10. The van der Waals surface area contributed by atoms with Crippen molar-refractivity contribution in [2.24, 2.45) is 0 Å². The number of aromatic nitrogens is 1. The summed E-state index contributed by atoms with van der Waals surface area (Å²) in [7, 11) is 0. The molecule has 3 rings (SSSR count). The van der Waals surface area contributed by atoms with E-state index in [1.165, 1.54) is 0 Å². The Morgan fingerprint density at radius 3 is 2.39 bits per heavy atom. The molecule has 8 heteroatoms. The number of halogens is 1. The van der Waals surface area contributed by atoms with Gasteiger partial charge in [-0.15, -0.1) is 0 Å². The number of fused-ring (bicyclic) bond motifs is 1. The maximum atomic E-state index is 12.5. The minimum Gasteiger partial charge on any atom is -0.436 e. The van der Waals surface area contributed by atoms with Crippen LogP contribution in [0.25, 0.3) is 22.6 Å². The van der Waals surface area contributed by atoms with E-state index in [1.54, 1.807) is 37.3 Å². The Hall–Kier alpha value is -2.45. The summed E-state index contributed by atoms with van der Waals surface area (Å²) in [5.74, 6) is -0.581. The van der Waals surface area contributed by atoms with Crippen LogP contribution in [-0.2, 0) is 4.79 Å². The number of hydrogen-bond donors (Lipinski definition) is 4. The number of nitrogens with zero attached hydrogens (tertiary/aromatic N) is 1. The summed E-state index contributed by atoms with van der Waals surface area (Å²) in [6.45, 7) is -0.0464. The summed E-state index contributed by atoms with van der Waals surface area (Å²) in [6, 6.07) is 12.4. The van der Waals surface area contributed by atoms with E-state index in [0.717, 1.165) is 5.56 Å². The van der Waals surface area contributed by atoms with E-state index < -0.39 is 37.2 Å². The third-order valence-corrected chi connectivity index (χ3v) is 4.94. The molecule has 0 fully saturated rings. The van der Waals surface area contributed by atoms with Crippen molar-refractivity contribution in [3.8, 4) is 11.5 Å². The van der Waals surface area contributed by atoms with Crippen molar-refractivity contribution < 1.29 is 24.5 Å². The summed E-state index contributed by atoms with van der Waals surface area (Å²) in [4.78, 5) is 17.0. The van der Waals surface area contributed by atoms with E-state index in [0.29, 0.717) is 27.6 Å². The lowest BCUT2D eigenvalue weighted by Crippen LogP contribution is -2.57. The predicted octanol–water partition coefficient (Wildman–Crippen LogP) is 2.08. The maximum absolute atomic E-state index is 12.5. The van der Waals surface area contributed by atoms with Gasteiger partial charge < -0.3 is 25.1 Å². The van der Waals surface area contributed by atoms with Crippen LogP contribution < -0.4 is 5.32 Å². The lowest BCUT2D eigenvalue weighted by Gasteiger charge is -2.30. The van der Waals surface area contributed by atoms with Crippen molar-refractivity contribution in [2.75, 3.05) is 19.8 Å². The molecule has 0 aliphatic carbocycles. The first kappa shape index (κ1) is 20.3. The highest BCUT2D eigenvalue weighted by Crippen LogP contribution is 2.28. The third-order valence-electron chi connectivity index (χ3n) is 4.69. The van der Waals surface area contributed by atoms with Gasteiger partial charge in [-0.3, -0.25) is 4.79 Å². The second-order valence-electron chi connectivity index (χ2n) is 6.72. The lowest BCUT2D eigenvalue weighted by atomic mass is 9.97. The van der Waals surface area contributed by atoms with Crippen molar-refractivity contribution in [3.63, 3.8) is 0 Å². The molecule has 0 radical (unpaired) electrons. The summed E-state index contributed by atoms with van der Waals surface area (Å²) in [5, 5.41) is 31.3. The van der Waals surface area contributed by atoms with Crippen LogP contribution >= 0.6 is 11.6 Å². The molecule has 1 amide bonds. The Bertz CT molecular complexity index is 958. The molecule has 0 bridgehead atoms. The zero-order valence-electron chi connectivity index (χ0n) is 15.2. The lowest BCUT2D eigenvalue weighted by molar-refractivity contribution is -0.126. The van der Waals surface area contributed by atoms with Gasteiger partial charge in [0, 0.05) is 10.6 Å². The van der Waals surface area contributed by atoms with E-state index in [-0.39, 0.29) is 0 Å². The molecular formula is C20H21ClN2O5. The SMILES string of the molecule is CC(C(=O)NC(CO)(CO)CO)c1ccc2oc(-c3ccc(Cl)cc3)nc2c1. The molecule has 148 valence electrons. The molecule has 1 atom stereocenters. The van der Waals surface area contributed by atoms with Gasteiger partial charge in [0.25, 0.3) is 0 Å². The van der Waals surface area contributed by atoms with Crippen LogP contribution in [0, 0.1) is 0 Å². The second kappa shape index (κ2) is 8.28. The van der Waals surface area contributed by atoms with Crippen LogP contribution in [0.1, 0.15) is 18.4 Å². The molecule has 1 heterocycles. The zero-order valence-corrected chi connectivity index (χ0v) is 16.0. The van der Waals surface area contributed by atoms with Crippen molar-refractivity contribution in [1.82, 2.24) is 10.3 Å². The van der Waals surface area contributed by atoms with Crippen LogP contribution in [0.2, 0.25) is 5.02 Å². The highest BCUT2D eigenvalue weighted by Gasteiger charge is 2.32. The number of amides is 1. The second-order valence-corrected chi connectivity index (χ2v) is 7.16. The average molecular weight is 405 g/mol. The Balaban J connectivity index is 1.85. The molecule has 0 aliphatic rings. The van der Waals surface area contributed by atoms with Crippen LogP contribution in [0.3, 0.4) is 0 Å². The summed E-state index contributed by atoms with van der Waals surface area (Å²) >= 11 is 5.90. The molecule has 0 saturated heterocycles. The molecule has 2 aromatic carbocycles. The normalized spacial score (nSPS) is 12.9. The Morgan fingerprint density at radius 1 is 1.14 bits per heavy atom. The number of oxazole rings is 1. The first-order valence-electron chi connectivity index (χ1n) is 8.72. The van der Waals surface area contributed by atoms with Crippen LogP contribution in [0.5, 0.6) is 0 Å². The van der Waals surface area contributed by atoms with Gasteiger partial charge in [-0.1, -0.05) is 17.7 Å². The fourth-order valence-corrected chi connectivity index (χ4v) is 2.85. The topological polar surface area (TPSA) is 116 Å². The van der Waals surface area contributed by atoms with E-state index >= 15 is 0 Å². The highest BCUT2D eigenvalue weighted by atomic mass is 35.5. The van der Waals surface area contributed by atoms with Crippen LogP contribution in [0.4, 0.5) is 0 Å². The fraction of sp³-hybridized carbons (Fsp3) is 0.300. The number of hydrogen-bond acceptors (Lipinski definition) is 6. The fourth-order valence-electron chi connectivity index (χ4n) is 2.72. The molecule has 1 unspecified atom stereocenters. The van der Waals surface area contributed by atoms with Crippen molar-refractivity contribution in [1.29, 1.82) is 0 Å². The number of carbonyl (C=O) groups is 1.